The molecule has 0 aliphatic rings. The lowest BCUT2D eigenvalue weighted by Gasteiger charge is -2.31. The van der Waals surface area contributed by atoms with Crippen molar-refractivity contribution in [2.45, 2.75) is 26.3 Å². The highest BCUT2D eigenvalue weighted by molar-refractivity contribution is 5.54. The van der Waals surface area contributed by atoms with E-state index in [2.05, 4.69) is 35.1 Å². The normalized spacial score (nSPS) is 12.2. The van der Waals surface area contributed by atoms with Gasteiger partial charge in [-0.05, 0) is 19.4 Å². The number of pyridine rings is 1. The van der Waals surface area contributed by atoms with Crippen LogP contribution in [0.1, 0.15) is 20.3 Å². The van der Waals surface area contributed by atoms with Crippen LogP contribution < -0.4 is 10.2 Å². The number of nitrogens with zero attached hydrogens (tertiary/aromatic N) is 2. The van der Waals surface area contributed by atoms with E-state index in [0.29, 0.717) is 13.2 Å². The average molecular weight is 281 g/mol. The highest BCUT2D eigenvalue weighted by Crippen LogP contribution is 2.19. The van der Waals surface area contributed by atoms with Gasteiger partial charge in [0.15, 0.2) is 0 Å². The Balaban J connectivity index is 2.82. The van der Waals surface area contributed by atoms with E-state index in [4.69, 9.17) is 9.47 Å². The number of rotatable bonds is 10. The Hall–Kier alpha value is -1.33. The summed E-state index contributed by atoms with van der Waals surface area (Å²) in [6.45, 7) is 7.43. The van der Waals surface area contributed by atoms with Crippen molar-refractivity contribution >= 4 is 11.5 Å². The van der Waals surface area contributed by atoms with Crippen LogP contribution in [0.15, 0.2) is 18.3 Å². The molecule has 0 saturated carbocycles. The Morgan fingerprint density at radius 2 is 2.15 bits per heavy atom. The number of nitrogens with one attached hydrogen (secondary N) is 1. The second-order valence-electron chi connectivity index (χ2n) is 4.82. The summed E-state index contributed by atoms with van der Waals surface area (Å²) in [5, 5.41) is 3.32. The van der Waals surface area contributed by atoms with Gasteiger partial charge in [-0.2, -0.15) is 0 Å². The molecule has 0 aliphatic carbocycles. The van der Waals surface area contributed by atoms with Gasteiger partial charge >= 0.3 is 0 Å². The highest BCUT2D eigenvalue weighted by atomic mass is 16.5. The molecule has 0 radical (unpaired) electrons. The number of ether oxygens (including phenoxy) is 2. The number of methoxy groups -OCH3 is 2. The molecular formula is C15H27N3O2. The first-order valence-electron chi connectivity index (χ1n) is 7.17. The van der Waals surface area contributed by atoms with Crippen LogP contribution in [0.3, 0.4) is 0 Å². The summed E-state index contributed by atoms with van der Waals surface area (Å²) in [5.74, 6) is 0.913. The molecule has 1 atom stereocenters. The molecule has 5 nitrogen and oxygen atoms in total. The monoisotopic (exact) mass is 281 g/mol. The van der Waals surface area contributed by atoms with Crippen LogP contribution in [-0.2, 0) is 9.47 Å². The summed E-state index contributed by atoms with van der Waals surface area (Å²) in [7, 11) is 3.45. The molecule has 5 heteroatoms. The summed E-state index contributed by atoms with van der Waals surface area (Å²) in [6, 6.07) is 4.40. The quantitative estimate of drug-likeness (QED) is 0.713. The van der Waals surface area contributed by atoms with E-state index in [9.17, 15) is 0 Å². The minimum absolute atomic E-state index is 0.288. The zero-order chi connectivity index (χ0) is 14.8. The molecule has 0 bridgehead atoms. The van der Waals surface area contributed by atoms with Gasteiger partial charge in [0, 0.05) is 51.3 Å². The van der Waals surface area contributed by atoms with Crippen LogP contribution in [0.5, 0.6) is 0 Å². The van der Waals surface area contributed by atoms with E-state index in [1.54, 1.807) is 14.2 Å². The number of hydrogen-bond donors (Lipinski definition) is 1. The van der Waals surface area contributed by atoms with Crippen molar-refractivity contribution in [1.29, 1.82) is 0 Å². The molecule has 0 fully saturated rings. The Kier molecular flexibility index (Phi) is 7.99. The average Bonchev–Trinajstić information content (AvgIpc) is 2.46. The standard InChI is InChI=1S/C15H27N3O2/c1-5-7-16-15-11-14(6-8-17-15)18(9-10-19-3)13(2)12-20-4/h6,8,11,13H,5,7,9-10,12H2,1-4H3,(H,16,17). The first-order chi connectivity index (χ1) is 9.72. The zero-order valence-electron chi connectivity index (χ0n) is 13.1. The summed E-state index contributed by atoms with van der Waals surface area (Å²) in [6.07, 6.45) is 2.92. The molecule has 114 valence electrons. The van der Waals surface area contributed by atoms with Gasteiger partial charge in [0.2, 0.25) is 0 Å². The van der Waals surface area contributed by atoms with Gasteiger partial charge in [0.05, 0.1) is 13.2 Å². The van der Waals surface area contributed by atoms with E-state index >= 15 is 0 Å². The predicted molar refractivity (Wildman–Crippen MR) is 83.6 cm³/mol. The first kappa shape index (κ1) is 16.7. The fraction of sp³-hybridized carbons (Fsp3) is 0.667. The van der Waals surface area contributed by atoms with Gasteiger partial charge in [0.25, 0.3) is 0 Å². The van der Waals surface area contributed by atoms with Gasteiger partial charge in [-0.3, -0.25) is 0 Å². The molecule has 1 aromatic rings. The second-order valence-corrected chi connectivity index (χ2v) is 4.82. The smallest absolute Gasteiger partial charge is 0.127 e. The molecule has 0 saturated heterocycles. The predicted octanol–water partition coefficient (Wildman–Crippen LogP) is 2.39. The summed E-state index contributed by atoms with van der Waals surface area (Å²) >= 11 is 0. The molecule has 1 rings (SSSR count). The third-order valence-corrected chi connectivity index (χ3v) is 3.11. The summed E-state index contributed by atoms with van der Waals surface area (Å²) in [4.78, 5) is 6.63. The second kappa shape index (κ2) is 9.55. The van der Waals surface area contributed by atoms with Gasteiger partial charge in [-0.1, -0.05) is 6.92 Å². The molecule has 0 aliphatic heterocycles. The van der Waals surface area contributed by atoms with E-state index in [-0.39, 0.29) is 6.04 Å². The lowest BCUT2D eigenvalue weighted by atomic mass is 10.2. The Bertz CT molecular complexity index is 374. The highest BCUT2D eigenvalue weighted by Gasteiger charge is 2.14. The van der Waals surface area contributed by atoms with Crippen LogP contribution in [0.4, 0.5) is 11.5 Å². The lowest BCUT2D eigenvalue weighted by molar-refractivity contribution is 0.171. The number of anilines is 2. The third-order valence-electron chi connectivity index (χ3n) is 3.11. The van der Waals surface area contributed by atoms with Crippen molar-refractivity contribution in [2.24, 2.45) is 0 Å². The molecule has 1 aromatic heterocycles. The van der Waals surface area contributed by atoms with Crippen LogP contribution >= 0.6 is 0 Å². The Morgan fingerprint density at radius 3 is 2.80 bits per heavy atom. The third kappa shape index (κ3) is 5.35. The van der Waals surface area contributed by atoms with Crippen LogP contribution in [0.25, 0.3) is 0 Å². The van der Waals surface area contributed by atoms with Gasteiger partial charge in [-0.25, -0.2) is 4.98 Å². The minimum atomic E-state index is 0.288. The first-order valence-corrected chi connectivity index (χ1v) is 7.17. The Morgan fingerprint density at radius 1 is 1.35 bits per heavy atom. The molecule has 1 N–H and O–H groups in total. The Labute approximate surface area is 122 Å². The van der Waals surface area contributed by atoms with Crippen molar-refractivity contribution in [2.75, 3.05) is 50.7 Å². The van der Waals surface area contributed by atoms with Crippen molar-refractivity contribution in [3.05, 3.63) is 18.3 Å². The van der Waals surface area contributed by atoms with E-state index in [0.717, 1.165) is 31.0 Å². The van der Waals surface area contributed by atoms with Crippen molar-refractivity contribution < 1.29 is 9.47 Å². The SMILES string of the molecule is CCCNc1cc(N(CCOC)C(C)COC)ccn1. The molecule has 0 aromatic carbocycles. The van der Waals surface area contributed by atoms with Crippen molar-refractivity contribution in [1.82, 2.24) is 4.98 Å². The number of aromatic nitrogens is 1. The van der Waals surface area contributed by atoms with Crippen molar-refractivity contribution in [3.8, 4) is 0 Å². The molecule has 0 amide bonds. The van der Waals surface area contributed by atoms with Crippen LogP contribution in [-0.4, -0.2) is 51.5 Å². The largest absolute Gasteiger partial charge is 0.383 e. The molecule has 20 heavy (non-hydrogen) atoms. The lowest BCUT2D eigenvalue weighted by Crippen LogP contribution is -2.38. The van der Waals surface area contributed by atoms with E-state index < -0.39 is 0 Å². The van der Waals surface area contributed by atoms with Crippen LogP contribution in [0, 0.1) is 0 Å². The van der Waals surface area contributed by atoms with Gasteiger partial charge < -0.3 is 19.7 Å². The van der Waals surface area contributed by atoms with E-state index in [1.807, 2.05) is 12.3 Å². The van der Waals surface area contributed by atoms with Gasteiger partial charge in [-0.15, -0.1) is 0 Å². The van der Waals surface area contributed by atoms with Gasteiger partial charge in [0.1, 0.15) is 5.82 Å². The number of hydrogen-bond acceptors (Lipinski definition) is 5. The molecule has 1 unspecified atom stereocenters. The zero-order valence-corrected chi connectivity index (χ0v) is 13.1. The van der Waals surface area contributed by atoms with Crippen molar-refractivity contribution in [3.63, 3.8) is 0 Å². The fourth-order valence-electron chi connectivity index (χ4n) is 2.07. The van der Waals surface area contributed by atoms with E-state index in [1.165, 1.54) is 0 Å². The maximum atomic E-state index is 5.27. The van der Waals surface area contributed by atoms with Crippen LogP contribution in [0.2, 0.25) is 0 Å². The molecule has 0 spiro atoms. The molecule has 1 heterocycles. The summed E-state index contributed by atoms with van der Waals surface area (Å²) in [5.41, 5.74) is 1.14. The maximum absolute atomic E-state index is 5.27. The fourth-order valence-corrected chi connectivity index (χ4v) is 2.07. The maximum Gasteiger partial charge on any atom is 0.127 e. The summed E-state index contributed by atoms with van der Waals surface area (Å²) < 4.78 is 10.5. The topological polar surface area (TPSA) is 46.6 Å². The molecular weight excluding hydrogens is 254 g/mol. The minimum Gasteiger partial charge on any atom is -0.383 e.